The van der Waals surface area contributed by atoms with Gasteiger partial charge in [0, 0.05) is 13.1 Å². The zero-order valence-electron chi connectivity index (χ0n) is 15.2. The van der Waals surface area contributed by atoms with Gasteiger partial charge in [-0.05, 0) is 38.3 Å². The van der Waals surface area contributed by atoms with Gasteiger partial charge < -0.3 is 4.74 Å². The zero-order chi connectivity index (χ0) is 18.5. The van der Waals surface area contributed by atoms with Crippen LogP contribution in [0.4, 0.5) is 0 Å². The molecule has 140 valence electrons. The Morgan fingerprint density at radius 3 is 2.73 bits per heavy atom. The largest absolute Gasteiger partial charge is 0.466 e. The highest BCUT2D eigenvalue weighted by atomic mass is 16.5. The molecule has 0 spiro atoms. The summed E-state index contributed by atoms with van der Waals surface area (Å²) < 4.78 is 5.12. The van der Waals surface area contributed by atoms with Crippen LogP contribution in [-0.4, -0.2) is 59.9 Å². The van der Waals surface area contributed by atoms with Crippen LogP contribution < -0.4 is 0 Å². The Balaban J connectivity index is 1.60. The molecule has 2 aliphatic rings. The highest BCUT2D eigenvalue weighted by Crippen LogP contribution is 2.26. The van der Waals surface area contributed by atoms with Crippen LogP contribution in [0.3, 0.4) is 0 Å². The number of imide groups is 1. The highest BCUT2D eigenvalue weighted by molar-refractivity contribution is 6.05. The average molecular weight is 358 g/mol. The number of hydrogen-bond acceptors (Lipinski definition) is 5. The van der Waals surface area contributed by atoms with E-state index in [1.54, 1.807) is 6.92 Å². The van der Waals surface area contributed by atoms with Gasteiger partial charge in [-0.2, -0.15) is 0 Å². The molecule has 2 amide bonds. The van der Waals surface area contributed by atoms with Crippen LogP contribution >= 0.6 is 0 Å². The predicted molar refractivity (Wildman–Crippen MR) is 96.2 cm³/mol. The van der Waals surface area contributed by atoms with E-state index >= 15 is 0 Å². The molecule has 0 unspecified atom stereocenters. The number of nitrogens with zero attached hydrogens (tertiary/aromatic N) is 2. The standard InChI is InChI=1S/C20H26N2O4/c1-2-26-20(25)16-9-6-11-21(14-16)17-13-18(23)22(19(17)24)12-10-15-7-4-3-5-8-15/h3-5,7-8,16-17H,2,6,9-14H2,1H3/t16-,17-/m1/s1. The first-order chi connectivity index (χ1) is 12.6. The number of hydrogen-bond donors (Lipinski definition) is 0. The van der Waals surface area contributed by atoms with Crippen molar-refractivity contribution < 1.29 is 19.1 Å². The first-order valence-corrected chi connectivity index (χ1v) is 9.39. The number of rotatable bonds is 6. The van der Waals surface area contributed by atoms with Gasteiger partial charge in [-0.25, -0.2) is 0 Å². The minimum Gasteiger partial charge on any atom is -0.466 e. The van der Waals surface area contributed by atoms with Crippen LogP contribution in [0.25, 0.3) is 0 Å². The van der Waals surface area contributed by atoms with E-state index in [4.69, 9.17) is 4.74 Å². The molecule has 0 N–H and O–H groups in total. The molecule has 2 aliphatic heterocycles. The molecule has 3 rings (SSSR count). The van der Waals surface area contributed by atoms with Crippen LogP contribution in [0.15, 0.2) is 30.3 Å². The average Bonchev–Trinajstić information content (AvgIpc) is 2.95. The van der Waals surface area contributed by atoms with Gasteiger partial charge >= 0.3 is 5.97 Å². The molecule has 1 aromatic carbocycles. The van der Waals surface area contributed by atoms with Crippen LogP contribution in [0.1, 0.15) is 31.7 Å². The molecule has 0 bridgehead atoms. The minimum absolute atomic E-state index is 0.116. The van der Waals surface area contributed by atoms with Crippen LogP contribution in [0.5, 0.6) is 0 Å². The fraction of sp³-hybridized carbons (Fsp3) is 0.550. The van der Waals surface area contributed by atoms with Crippen molar-refractivity contribution in [3.8, 4) is 0 Å². The van der Waals surface area contributed by atoms with Gasteiger partial charge in [-0.3, -0.25) is 24.2 Å². The summed E-state index contributed by atoms with van der Waals surface area (Å²) in [6.07, 6.45) is 2.49. The molecule has 26 heavy (non-hydrogen) atoms. The Morgan fingerprint density at radius 1 is 1.23 bits per heavy atom. The number of amides is 2. The van der Waals surface area contributed by atoms with E-state index in [-0.39, 0.29) is 30.1 Å². The van der Waals surface area contributed by atoms with Crippen molar-refractivity contribution in [2.75, 3.05) is 26.2 Å². The maximum Gasteiger partial charge on any atom is 0.310 e. The first-order valence-electron chi connectivity index (χ1n) is 9.39. The summed E-state index contributed by atoms with van der Waals surface area (Å²) in [7, 11) is 0. The van der Waals surface area contributed by atoms with E-state index in [2.05, 4.69) is 0 Å². The van der Waals surface area contributed by atoms with E-state index < -0.39 is 6.04 Å². The third kappa shape index (κ3) is 4.12. The summed E-state index contributed by atoms with van der Waals surface area (Å²) >= 11 is 0. The second-order valence-electron chi connectivity index (χ2n) is 6.93. The Bertz CT molecular complexity index is 661. The lowest BCUT2D eigenvalue weighted by atomic mass is 9.96. The van der Waals surface area contributed by atoms with Crippen molar-refractivity contribution >= 4 is 17.8 Å². The molecule has 2 fully saturated rings. The van der Waals surface area contributed by atoms with Gasteiger partial charge in [0.2, 0.25) is 11.8 Å². The fourth-order valence-electron chi connectivity index (χ4n) is 3.81. The second-order valence-corrected chi connectivity index (χ2v) is 6.93. The van der Waals surface area contributed by atoms with Gasteiger partial charge in [-0.1, -0.05) is 30.3 Å². The lowest BCUT2D eigenvalue weighted by Gasteiger charge is -2.34. The lowest BCUT2D eigenvalue weighted by Crippen LogP contribution is -2.48. The summed E-state index contributed by atoms with van der Waals surface area (Å²) in [6.45, 7) is 3.81. The molecule has 2 saturated heterocycles. The SMILES string of the molecule is CCOC(=O)[C@@H]1CCCN([C@@H]2CC(=O)N(CCc3ccccc3)C2=O)C1. The summed E-state index contributed by atoms with van der Waals surface area (Å²) in [6, 6.07) is 9.41. The van der Waals surface area contributed by atoms with Gasteiger partial charge in [-0.15, -0.1) is 0 Å². The highest BCUT2D eigenvalue weighted by Gasteiger charge is 2.43. The molecule has 0 aliphatic carbocycles. The van der Waals surface area contributed by atoms with Crippen molar-refractivity contribution in [3.05, 3.63) is 35.9 Å². The van der Waals surface area contributed by atoms with E-state index in [1.165, 1.54) is 4.90 Å². The van der Waals surface area contributed by atoms with Crippen molar-refractivity contribution in [2.45, 2.75) is 38.6 Å². The van der Waals surface area contributed by atoms with Crippen LogP contribution in [0.2, 0.25) is 0 Å². The molecule has 0 radical (unpaired) electrons. The number of benzene rings is 1. The normalized spacial score (nSPS) is 24.1. The third-order valence-electron chi connectivity index (χ3n) is 5.20. The van der Waals surface area contributed by atoms with Crippen molar-refractivity contribution in [3.63, 3.8) is 0 Å². The summed E-state index contributed by atoms with van der Waals surface area (Å²) in [5.41, 5.74) is 1.11. The molecule has 0 saturated carbocycles. The summed E-state index contributed by atoms with van der Waals surface area (Å²) in [4.78, 5) is 40.5. The summed E-state index contributed by atoms with van der Waals surface area (Å²) in [5.74, 6) is -0.649. The smallest absolute Gasteiger partial charge is 0.310 e. The van der Waals surface area contributed by atoms with Gasteiger partial charge in [0.1, 0.15) is 0 Å². The fourth-order valence-corrected chi connectivity index (χ4v) is 3.81. The number of esters is 1. The number of piperidine rings is 1. The summed E-state index contributed by atoms with van der Waals surface area (Å²) in [5, 5.41) is 0. The Labute approximate surface area is 154 Å². The first kappa shape index (κ1) is 18.6. The number of ether oxygens (including phenoxy) is 1. The van der Waals surface area contributed by atoms with Crippen LogP contribution in [-0.2, 0) is 25.5 Å². The Kier molecular flexibility index (Phi) is 6.04. The molecule has 1 aromatic rings. The van der Waals surface area contributed by atoms with E-state index in [0.717, 1.165) is 24.9 Å². The van der Waals surface area contributed by atoms with E-state index in [0.29, 0.717) is 26.1 Å². The molecule has 6 heteroatoms. The minimum atomic E-state index is -0.435. The maximum atomic E-state index is 12.8. The Morgan fingerprint density at radius 2 is 2.00 bits per heavy atom. The molecular weight excluding hydrogens is 332 g/mol. The lowest BCUT2D eigenvalue weighted by molar-refractivity contribution is -0.151. The zero-order valence-corrected chi connectivity index (χ0v) is 15.2. The number of likely N-dealkylation sites (tertiary alicyclic amines) is 2. The number of carbonyl (C=O) groups is 3. The predicted octanol–water partition coefficient (Wildman–Crippen LogP) is 1.63. The van der Waals surface area contributed by atoms with Gasteiger partial charge in [0.05, 0.1) is 25.0 Å². The van der Waals surface area contributed by atoms with Crippen molar-refractivity contribution in [1.82, 2.24) is 9.80 Å². The van der Waals surface area contributed by atoms with Crippen molar-refractivity contribution in [1.29, 1.82) is 0 Å². The van der Waals surface area contributed by atoms with Crippen LogP contribution in [0, 0.1) is 5.92 Å². The maximum absolute atomic E-state index is 12.8. The molecule has 0 aromatic heterocycles. The van der Waals surface area contributed by atoms with Crippen molar-refractivity contribution in [2.24, 2.45) is 5.92 Å². The quantitative estimate of drug-likeness (QED) is 0.571. The Hall–Kier alpha value is -2.21. The molecule has 6 nitrogen and oxygen atoms in total. The van der Waals surface area contributed by atoms with E-state index in [1.807, 2.05) is 35.2 Å². The molecule has 2 heterocycles. The molecule has 2 atom stereocenters. The van der Waals surface area contributed by atoms with Gasteiger partial charge in [0.25, 0.3) is 0 Å². The number of carbonyl (C=O) groups excluding carboxylic acids is 3. The monoisotopic (exact) mass is 358 g/mol. The second kappa shape index (κ2) is 8.45. The van der Waals surface area contributed by atoms with E-state index in [9.17, 15) is 14.4 Å². The topological polar surface area (TPSA) is 66.9 Å². The molecular formula is C20H26N2O4. The van der Waals surface area contributed by atoms with Gasteiger partial charge in [0.15, 0.2) is 0 Å². The third-order valence-corrected chi connectivity index (χ3v) is 5.20.